The first-order valence-corrected chi connectivity index (χ1v) is 7.73. The molecule has 2 N–H and O–H groups in total. The van der Waals surface area contributed by atoms with Crippen molar-refractivity contribution in [3.8, 4) is 11.5 Å². The molecule has 24 heavy (non-hydrogen) atoms. The zero-order chi connectivity index (χ0) is 17.3. The second-order valence-corrected chi connectivity index (χ2v) is 5.88. The van der Waals surface area contributed by atoms with Crippen LogP contribution >= 0.6 is 0 Å². The molecule has 2 aromatic carbocycles. The van der Waals surface area contributed by atoms with Crippen LogP contribution in [0.15, 0.2) is 36.4 Å². The molecule has 1 heterocycles. The lowest BCUT2D eigenvalue weighted by Crippen LogP contribution is -2.38. The van der Waals surface area contributed by atoms with Crippen LogP contribution in [-0.2, 0) is 0 Å². The number of carbonyl (C=O) groups excluding carboxylic acids is 1. The minimum Gasteiger partial charge on any atom is -0.504 e. The predicted octanol–water partition coefficient (Wildman–Crippen LogP) is 3.40. The Balaban J connectivity index is 1.72. The molecule has 1 aliphatic rings. The molecule has 1 amide bonds. The van der Waals surface area contributed by atoms with E-state index in [4.69, 9.17) is 0 Å². The summed E-state index contributed by atoms with van der Waals surface area (Å²) in [6.07, 6.45) is 1.01. The topological polar surface area (TPSA) is 60.8 Å². The Bertz CT molecular complexity index is 771. The summed E-state index contributed by atoms with van der Waals surface area (Å²) in [7, 11) is 0. The van der Waals surface area contributed by atoms with E-state index < -0.39 is 17.4 Å². The second kappa shape index (κ2) is 6.47. The first-order chi connectivity index (χ1) is 11.5. The fourth-order valence-corrected chi connectivity index (χ4v) is 3.10. The monoisotopic (exact) mass is 333 g/mol. The van der Waals surface area contributed by atoms with Crippen LogP contribution in [0.3, 0.4) is 0 Å². The molecular formula is C18H17F2NO3. The van der Waals surface area contributed by atoms with E-state index >= 15 is 0 Å². The molecule has 0 spiro atoms. The third kappa shape index (κ3) is 2.91. The number of phenolic OH excluding ortho intramolecular Hbond substituents is 2. The maximum atomic E-state index is 13.9. The van der Waals surface area contributed by atoms with Gasteiger partial charge in [-0.1, -0.05) is 18.2 Å². The van der Waals surface area contributed by atoms with Gasteiger partial charge in [-0.15, -0.1) is 0 Å². The van der Waals surface area contributed by atoms with Crippen molar-refractivity contribution in [3.63, 3.8) is 0 Å². The average molecular weight is 333 g/mol. The number of hydrogen-bond donors (Lipinski definition) is 2. The Hall–Kier alpha value is -2.63. The van der Waals surface area contributed by atoms with Crippen LogP contribution in [0.25, 0.3) is 0 Å². The minimum absolute atomic E-state index is 0.0328. The maximum Gasteiger partial charge on any atom is 0.257 e. The lowest BCUT2D eigenvalue weighted by atomic mass is 9.88. The molecule has 0 saturated carbocycles. The molecule has 4 nitrogen and oxygen atoms in total. The van der Waals surface area contributed by atoms with Gasteiger partial charge >= 0.3 is 0 Å². The lowest BCUT2D eigenvalue weighted by Gasteiger charge is -2.32. The number of carbonyl (C=O) groups is 1. The van der Waals surface area contributed by atoms with Crippen molar-refractivity contribution in [2.75, 3.05) is 13.1 Å². The van der Waals surface area contributed by atoms with Crippen molar-refractivity contribution in [1.29, 1.82) is 0 Å². The normalized spacial score (nSPS) is 15.5. The number of phenols is 2. The van der Waals surface area contributed by atoms with Gasteiger partial charge in [-0.2, -0.15) is 0 Å². The number of benzene rings is 2. The van der Waals surface area contributed by atoms with Gasteiger partial charge in [0.05, 0.1) is 5.56 Å². The number of piperidine rings is 1. The quantitative estimate of drug-likeness (QED) is 0.828. The minimum atomic E-state index is -0.865. The molecule has 1 aliphatic heterocycles. The second-order valence-electron chi connectivity index (χ2n) is 5.88. The Labute approximate surface area is 138 Å². The first kappa shape index (κ1) is 16.2. The summed E-state index contributed by atoms with van der Waals surface area (Å²) in [5.74, 6) is -3.02. The van der Waals surface area contributed by atoms with Gasteiger partial charge in [0.15, 0.2) is 23.1 Å². The van der Waals surface area contributed by atoms with Crippen LogP contribution in [0.1, 0.15) is 34.7 Å². The van der Waals surface area contributed by atoms with Gasteiger partial charge in [0.1, 0.15) is 0 Å². The molecule has 0 radical (unpaired) electrons. The van der Waals surface area contributed by atoms with Crippen molar-refractivity contribution in [3.05, 3.63) is 59.2 Å². The van der Waals surface area contributed by atoms with Gasteiger partial charge in [0.25, 0.3) is 5.91 Å². The van der Waals surface area contributed by atoms with Crippen molar-refractivity contribution >= 4 is 5.91 Å². The number of hydrogen-bond acceptors (Lipinski definition) is 3. The largest absolute Gasteiger partial charge is 0.504 e. The summed E-state index contributed by atoms with van der Waals surface area (Å²) >= 11 is 0. The molecule has 0 atom stereocenters. The van der Waals surface area contributed by atoms with Gasteiger partial charge in [-0.25, -0.2) is 8.78 Å². The highest BCUT2D eigenvalue weighted by Crippen LogP contribution is 2.33. The number of aromatic hydroxyl groups is 2. The molecule has 1 fully saturated rings. The van der Waals surface area contributed by atoms with Crippen LogP contribution in [0.2, 0.25) is 0 Å². The zero-order valence-electron chi connectivity index (χ0n) is 12.9. The van der Waals surface area contributed by atoms with Gasteiger partial charge in [-0.05, 0) is 42.5 Å². The zero-order valence-corrected chi connectivity index (χ0v) is 12.9. The van der Waals surface area contributed by atoms with Gasteiger partial charge in [-0.3, -0.25) is 4.79 Å². The number of halogens is 2. The molecule has 0 aromatic heterocycles. The van der Waals surface area contributed by atoms with Crippen molar-refractivity contribution in [2.45, 2.75) is 18.8 Å². The number of nitrogens with zero attached hydrogens (tertiary/aromatic N) is 1. The Morgan fingerprint density at radius 1 is 1.04 bits per heavy atom. The summed E-state index contributed by atoms with van der Waals surface area (Å²) in [5, 5.41) is 19.3. The number of rotatable bonds is 2. The van der Waals surface area contributed by atoms with E-state index in [1.165, 1.54) is 24.3 Å². The predicted molar refractivity (Wildman–Crippen MR) is 84.0 cm³/mol. The van der Waals surface area contributed by atoms with E-state index in [0.717, 1.165) is 6.07 Å². The van der Waals surface area contributed by atoms with E-state index in [9.17, 15) is 23.8 Å². The summed E-state index contributed by atoms with van der Waals surface area (Å²) in [5.41, 5.74) is 0.368. The molecule has 1 saturated heterocycles. The third-order valence-corrected chi connectivity index (χ3v) is 4.45. The van der Waals surface area contributed by atoms with E-state index in [0.29, 0.717) is 31.5 Å². The Kier molecular flexibility index (Phi) is 4.38. The van der Waals surface area contributed by atoms with Crippen LogP contribution < -0.4 is 0 Å². The molecule has 0 unspecified atom stereocenters. The molecule has 126 valence electrons. The van der Waals surface area contributed by atoms with Gasteiger partial charge in [0, 0.05) is 13.1 Å². The lowest BCUT2D eigenvalue weighted by molar-refractivity contribution is 0.0708. The van der Waals surface area contributed by atoms with Crippen molar-refractivity contribution in [1.82, 2.24) is 4.90 Å². The highest BCUT2D eigenvalue weighted by Gasteiger charge is 2.28. The van der Waals surface area contributed by atoms with E-state index in [1.54, 1.807) is 11.0 Å². The molecule has 2 aromatic rings. The van der Waals surface area contributed by atoms with Crippen LogP contribution in [0.5, 0.6) is 11.5 Å². The summed E-state index contributed by atoms with van der Waals surface area (Å²) in [4.78, 5) is 14.0. The fourth-order valence-electron chi connectivity index (χ4n) is 3.10. The molecule has 0 aliphatic carbocycles. The van der Waals surface area contributed by atoms with Crippen LogP contribution in [0.4, 0.5) is 8.78 Å². The molecule has 6 heteroatoms. The smallest absolute Gasteiger partial charge is 0.257 e. The summed E-state index contributed by atoms with van der Waals surface area (Å²) in [6.45, 7) is 0.739. The Morgan fingerprint density at radius 3 is 2.42 bits per heavy atom. The standard InChI is InChI=1S/C18H17F2NO3/c19-14-5-1-3-12(16(14)20)11-7-9-21(10-8-11)18(24)13-4-2-6-15(22)17(13)23/h1-6,11,22-23H,7-10H2. The summed E-state index contributed by atoms with van der Waals surface area (Å²) < 4.78 is 27.2. The number of likely N-dealkylation sites (tertiary alicyclic amines) is 1. The Morgan fingerprint density at radius 2 is 1.71 bits per heavy atom. The van der Waals surface area contributed by atoms with Crippen LogP contribution in [-0.4, -0.2) is 34.1 Å². The molecule has 3 rings (SSSR count). The van der Waals surface area contributed by atoms with Gasteiger partial charge < -0.3 is 15.1 Å². The highest BCUT2D eigenvalue weighted by atomic mass is 19.2. The number of amides is 1. The third-order valence-electron chi connectivity index (χ3n) is 4.45. The first-order valence-electron chi connectivity index (χ1n) is 7.73. The average Bonchev–Trinajstić information content (AvgIpc) is 2.59. The van der Waals surface area contributed by atoms with Crippen LogP contribution in [0, 0.1) is 11.6 Å². The summed E-state index contributed by atoms with van der Waals surface area (Å²) in [6, 6.07) is 8.36. The molecular weight excluding hydrogens is 316 g/mol. The maximum absolute atomic E-state index is 13.9. The van der Waals surface area contributed by atoms with E-state index in [2.05, 4.69) is 0 Å². The highest BCUT2D eigenvalue weighted by molar-refractivity contribution is 5.97. The van der Waals surface area contributed by atoms with Crippen molar-refractivity contribution < 1.29 is 23.8 Å². The fraction of sp³-hybridized carbons (Fsp3) is 0.278. The number of para-hydroxylation sites is 1. The van der Waals surface area contributed by atoms with Gasteiger partial charge in [0.2, 0.25) is 0 Å². The molecule has 0 bridgehead atoms. The SMILES string of the molecule is O=C(c1cccc(O)c1O)N1CCC(c2cccc(F)c2F)CC1. The van der Waals surface area contributed by atoms with Crippen molar-refractivity contribution in [2.24, 2.45) is 0 Å². The van der Waals surface area contributed by atoms with E-state index in [-0.39, 0.29) is 23.1 Å². The van der Waals surface area contributed by atoms with E-state index in [1.807, 2.05) is 0 Å².